The van der Waals surface area contributed by atoms with Crippen molar-refractivity contribution in [3.8, 4) is 0 Å². The van der Waals surface area contributed by atoms with Gasteiger partial charge in [0.25, 0.3) is 0 Å². The second-order valence-corrected chi connectivity index (χ2v) is 5.74. The van der Waals surface area contributed by atoms with Crippen molar-refractivity contribution in [1.29, 1.82) is 0 Å². The van der Waals surface area contributed by atoms with Crippen LogP contribution in [0.15, 0.2) is 23.4 Å². The molecule has 0 radical (unpaired) electrons. The van der Waals surface area contributed by atoms with Crippen LogP contribution in [-0.2, 0) is 14.4 Å². The Morgan fingerprint density at radius 1 is 1.25 bits per heavy atom. The molecule has 5 nitrogen and oxygen atoms in total. The van der Waals surface area contributed by atoms with E-state index in [1.54, 1.807) is 13.0 Å². The van der Waals surface area contributed by atoms with Crippen LogP contribution in [0.25, 0.3) is 0 Å². The van der Waals surface area contributed by atoms with Gasteiger partial charge in [0.2, 0.25) is 11.8 Å². The van der Waals surface area contributed by atoms with Crippen LogP contribution in [0.4, 0.5) is 5.69 Å². The minimum Gasteiger partial charge on any atom is -0.394 e. The standard InChI is InChI=1S/C13H10Cl2N2O3/c1-7-13(6-20-16-7)5-11(18)17(12(13)19)10-3-8(14)2-9(15)4-10/h2-4H,5-6H2,1H3. The van der Waals surface area contributed by atoms with Gasteiger partial charge in [0.15, 0.2) is 0 Å². The van der Waals surface area contributed by atoms with Crippen LogP contribution in [0.5, 0.6) is 0 Å². The van der Waals surface area contributed by atoms with Crippen molar-refractivity contribution in [1.82, 2.24) is 0 Å². The molecule has 0 bridgehead atoms. The van der Waals surface area contributed by atoms with Gasteiger partial charge in [-0.2, -0.15) is 0 Å². The van der Waals surface area contributed by atoms with Crippen LogP contribution in [0.3, 0.4) is 0 Å². The van der Waals surface area contributed by atoms with E-state index in [0.29, 0.717) is 21.4 Å². The van der Waals surface area contributed by atoms with E-state index in [9.17, 15) is 9.59 Å². The topological polar surface area (TPSA) is 59.0 Å². The highest BCUT2D eigenvalue weighted by atomic mass is 35.5. The van der Waals surface area contributed by atoms with Gasteiger partial charge in [-0.25, -0.2) is 4.90 Å². The predicted molar refractivity (Wildman–Crippen MR) is 75.1 cm³/mol. The van der Waals surface area contributed by atoms with Crippen LogP contribution < -0.4 is 4.90 Å². The molecule has 1 atom stereocenters. The summed E-state index contributed by atoms with van der Waals surface area (Å²) in [5.74, 6) is -0.659. The molecule has 1 fully saturated rings. The Kier molecular flexibility index (Phi) is 2.99. The molecule has 2 amide bonds. The molecule has 2 heterocycles. The Balaban J connectivity index is 2.05. The fourth-order valence-electron chi connectivity index (χ4n) is 2.50. The molecular weight excluding hydrogens is 303 g/mol. The van der Waals surface area contributed by atoms with Crippen LogP contribution in [0.2, 0.25) is 10.0 Å². The number of oxime groups is 1. The third-order valence-electron chi connectivity index (χ3n) is 3.63. The van der Waals surface area contributed by atoms with Gasteiger partial charge in [0, 0.05) is 10.0 Å². The van der Waals surface area contributed by atoms with Crippen molar-refractivity contribution < 1.29 is 14.4 Å². The third-order valence-corrected chi connectivity index (χ3v) is 4.06. The Labute approximate surface area is 125 Å². The fraction of sp³-hybridized carbons (Fsp3) is 0.308. The summed E-state index contributed by atoms with van der Waals surface area (Å²) in [4.78, 5) is 30.9. The van der Waals surface area contributed by atoms with Gasteiger partial charge >= 0.3 is 0 Å². The molecule has 2 aliphatic rings. The van der Waals surface area contributed by atoms with Crippen molar-refractivity contribution in [2.45, 2.75) is 13.3 Å². The molecule has 0 saturated carbocycles. The van der Waals surface area contributed by atoms with Gasteiger partial charge in [0.05, 0.1) is 17.8 Å². The van der Waals surface area contributed by atoms with Crippen molar-refractivity contribution in [3.05, 3.63) is 28.2 Å². The first-order valence-electron chi connectivity index (χ1n) is 5.94. The molecule has 3 rings (SSSR count). The zero-order valence-corrected chi connectivity index (χ0v) is 12.0. The summed E-state index contributed by atoms with van der Waals surface area (Å²) in [5, 5.41) is 4.51. The second kappa shape index (κ2) is 4.46. The monoisotopic (exact) mass is 312 g/mol. The summed E-state index contributed by atoms with van der Waals surface area (Å²) in [6.45, 7) is 1.78. The molecular formula is C13H10Cl2N2O3. The summed E-state index contributed by atoms with van der Waals surface area (Å²) in [5.41, 5.74) is -0.0909. The van der Waals surface area contributed by atoms with Crippen molar-refractivity contribution in [2.75, 3.05) is 11.5 Å². The average Bonchev–Trinajstić information content (AvgIpc) is 2.81. The minimum atomic E-state index is -0.980. The maximum Gasteiger partial charge on any atom is 0.249 e. The van der Waals surface area contributed by atoms with E-state index < -0.39 is 5.41 Å². The summed E-state index contributed by atoms with van der Waals surface area (Å²) < 4.78 is 0. The fourth-order valence-corrected chi connectivity index (χ4v) is 3.01. The smallest absolute Gasteiger partial charge is 0.249 e. The van der Waals surface area contributed by atoms with Crippen LogP contribution >= 0.6 is 23.2 Å². The van der Waals surface area contributed by atoms with Crippen LogP contribution in [-0.4, -0.2) is 24.1 Å². The normalized spacial score (nSPS) is 25.4. The lowest BCUT2D eigenvalue weighted by atomic mass is 9.83. The molecule has 1 unspecified atom stereocenters. The molecule has 20 heavy (non-hydrogen) atoms. The second-order valence-electron chi connectivity index (χ2n) is 4.87. The third kappa shape index (κ3) is 1.81. The first-order valence-corrected chi connectivity index (χ1v) is 6.70. The van der Waals surface area contributed by atoms with Crippen LogP contribution in [0.1, 0.15) is 13.3 Å². The van der Waals surface area contributed by atoms with Gasteiger partial charge in [-0.3, -0.25) is 9.59 Å². The summed E-state index contributed by atoms with van der Waals surface area (Å²) in [6.07, 6.45) is 0.0469. The zero-order valence-electron chi connectivity index (χ0n) is 10.5. The highest BCUT2D eigenvalue weighted by Gasteiger charge is 2.57. The van der Waals surface area contributed by atoms with Crippen molar-refractivity contribution >= 4 is 46.4 Å². The van der Waals surface area contributed by atoms with E-state index in [-0.39, 0.29) is 24.8 Å². The minimum absolute atomic E-state index is 0.0469. The highest BCUT2D eigenvalue weighted by molar-refractivity contribution is 6.36. The molecule has 0 aromatic heterocycles. The van der Waals surface area contributed by atoms with E-state index in [1.165, 1.54) is 12.1 Å². The number of carbonyl (C=O) groups excluding carboxylic acids is 2. The van der Waals surface area contributed by atoms with E-state index in [2.05, 4.69) is 5.16 Å². The van der Waals surface area contributed by atoms with E-state index in [1.807, 2.05) is 0 Å². The van der Waals surface area contributed by atoms with Gasteiger partial charge in [0.1, 0.15) is 12.0 Å². The molecule has 2 aliphatic heterocycles. The SMILES string of the molecule is CC1=NOCC12CC(=O)N(c1cc(Cl)cc(Cl)c1)C2=O. The van der Waals surface area contributed by atoms with Crippen molar-refractivity contribution in [3.63, 3.8) is 0 Å². The number of hydrogen-bond donors (Lipinski definition) is 0. The Morgan fingerprint density at radius 3 is 2.45 bits per heavy atom. The average molecular weight is 313 g/mol. The number of imide groups is 1. The molecule has 7 heteroatoms. The summed E-state index contributed by atoms with van der Waals surface area (Å²) in [7, 11) is 0. The lowest BCUT2D eigenvalue weighted by molar-refractivity contribution is -0.124. The number of benzene rings is 1. The zero-order chi connectivity index (χ0) is 14.5. The highest BCUT2D eigenvalue weighted by Crippen LogP contribution is 2.41. The number of hydrogen-bond acceptors (Lipinski definition) is 4. The molecule has 1 spiro atoms. The Bertz CT molecular complexity index is 639. The number of halogens is 2. The maximum absolute atomic E-state index is 12.6. The molecule has 0 aliphatic carbocycles. The lowest BCUT2D eigenvalue weighted by Gasteiger charge is -2.19. The molecule has 0 N–H and O–H groups in total. The largest absolute Gasteiger partial charge is 0.394 e. The van der Waals surface area contributed by atoms with E-state index in [0.717, 1.165) is 4.90 Å². The molecule has 104 valence electrons. The number of rotatable bonds is 1. The number of anilines is 1. The van der Waals surface area contributed by atoms with E-state index >= 15 is 0 Å². The predicted octanol–water partition coefficient (Wildman–Crippen LogP) is 2.65. The first-order chi connectivity index (χ1) is 9.44. The number of nitrogens with zero attached hydrogens (tertiary/aromatic N) is 2. The number of amides is 2. The Morgan fingerprint density at radius 2 is 1.90 bits per heavy atom. The van der Waals surface area contributed by atoms with Gasteiger partial charge in [-0.1, -0.05) is 28.4 Å². The van der Waals surface area contributed by atoms with Crippen molar-refractivity contribution in [2.24, 2.45) is 10.6 Å². The first kappa shape index (κ1) is 13.4. The number of carbonyl (C=O) groups is 2. The summed E-state index contributed by atoms with van der Waals surface area (Å²) >= 11 is 11.8. The lowest BCUT2D eigenvalue weighted by Crippen LogP contribution is -2.40. The van der Waals surface area contributed by atoms with Gasteiger partial charge in [-0.15, -0.1) is 0 Å². The van der Waals surface area contributed by atoms with Gasteiger partial charge < -0.3 is 4.84 Å². The molecule has 1 aromatic carbocycles. The summed E-state index contributed by atoms with van der Waals surface area (Å²) in [6, 6.07) is 4.61. The molecule has 1 saturated heterocycles. The molecule has 1 aromatic rings. The quantitative estimate of drug-likeness (QED) is 0.749. The van der Waals surface area contributed by atoms with Crippen LogP contribution in [0, 0.1) is 5.41 Å². The Hall–Kier alpha value is -1.59. The van der Waals surface area contributed by atoms with E-state index in [4.69, 9.17) is 28.0 Å². The van der Waals surface area contributed by atoms with Gasteiger partial charge in [-0.05, 0) is 25.1 Å². The maximum atomic E-state index is 12.6.